The first kappa shape index (κ1) is 21.4. The van der Waals surface area contributed by atoms with Gasteiger partial charge in [0, 0.05) is 10.5 Å². The molecule has 0 unspecified atom stereocenters. The molecule has 0 fully saturated rings. The minimum Gasteiger partial charge on any atom is -0.461 e. The van der Waals surface area contributed by atoms with Gasteiger partial charge in [-0.2, -0.15) is 21.6 Å². The topological polar surface area (TPSA) is 68.9 Å². The number of furan rings is 1. The number of hydrogen-bond acceptors (Lipinski definition) is 6. The van der Waals surface area contributed by atoms with Crippen LogP contribution < -0.4 is 0 Å². The van der Waals surface area contributed by atoms with E-state index in [0.717, 1.165) is 11.0 Å². The molecule has 2 aromatic rings. The van der Waals surface area contributed by atoms with Gasteiger partial charge in [-0.05, 0) is 37.8 Å². The van der Waals surface area contributed by atoms with Crippen LogP contribution in [0.5, 0.6) is 0 Å². The van der Waals surface area contributed by atoms with Crippen molar-refractivity contribution in [2.24, 2.45) is 5.16 Å². The molecular weight excluding hydrogens is 403 g/mol. The van der Waals surface area contributed by atoms with E-state index in [1.165, 1.54) is 18.7 Å². The maximum atomic E-state index is 13.5. The molecule has 1 heterocycles. The van der Waals surface area contributed by atoms with Crippen LogP contribution in [0.1, 0.15) is 24.7 Å². The van der Waals surface area contributed by atoms with E-state index >= 15 is 0 Å². The summed E-state index contributed by atoms with van der Waals surface area (Å²) in [5.41, 5.74) is -1.45. The van der Waals surface area contributed by atoms with Crippen LogP contribution in [-0.4, -0.2) is 32.3 Å². The van der Waals surface area contributed by atoms with Gasteiger partial charge in [-0.3, -0.25) is 4.28 Å². The lowest BCUT2D eigenvalue weighted by atomic mass is 10.0. The molecular formula is C17H18F3NO4S2. The quantitative estimate of drug-likeness (QED) is 0.358. The normalized spacial score (nSPS) is 13.0. The monoisotopic (exact) mass is 421 g/mol. The molecule has 27 heavy (non-hydrogen) atoms. The molecule has 0 N–H and O–H groups in total. The molecule has 10 heteroatoms. The van der Waals surface area contributed by atoms with E-state index in [9.17, 15) is 21.6 Å². The molecule has 0 aliphatic rings. The minimum atomic E-state index is -4.94. The van der Waals surface area contributed by atoms with Crippen LogP contribution in [0.3, 0.4) is 0 Å². The lowest BCUT2D eigenvalue weighted by Gasteiger charge is -2.10. The smallest absolute Gasteiger partial charge is 0.437 e. The lowest BCUT2D eigenvalue weighted by Crippen LogP contribution is -2.25. The van der Waals surface area contributed by atoms with Crippen molar-refractivity contribution in [3.63, 3.8) is 0 Å². The molecule has 0 radical (unpaired) electrons. The Bertz CT molecular complexity index is 917. The van der Waals surface area contributed by atoms with Crippen molar-refractivity contribution in [3.05, 3.63) is 41.7 Å². The molecule has 0 atom stereocenters. The first-order valence-corrected chi connectivity index (χ1v) is 10.7. The minimum absolute atomic E-state index is 0.0623. The second-order valence-electron chi connectivity index (χ2n) is 5.60. The van der Waals surface area contributed by atoms with E-state index in [2.05, 4.69) is 9.44 Å². The van der Waals surface area contributed by atoms with E-state index in [1.54, 1.807) is 31.2 Å². The maximum absolute atomic E-state index is 13.5. The molecule has 0 spiro atoms. The Kier molecular flexibility index (Phi) is 6.63. The summed E-state index contributed by atoms with van der Waals surface area (Å²) in [5, 5.41) is 2.93. The molecule has 0 saturated carbocycles. The highest BCUT2D eigenvalue weighted by molar-refractivity contribution is 7.98. The third-order valence-corrected chi connectivity index (χ3v) is 5.38. The van der Waals surface area contributed by atoms with Gasteiger partial charge < -0.3 is 4.42 Å². The molecule has 0 amide bonds. The number of nitrogens with zero attached hydrogens (tertiary/aromatic N) is 1. The highest BCUT2D eigenvalue weighted by Crippen LogP contribution is 2.34. The lowest BCUT2D eigenvalue weighted by molar-refractivity contribution is -0.0596. The second-order valence-corrected chi connectivity index (χ2v) is 8.15. The summed E-state index contributed by atoms with van der Waals surface area (Å²) in [4.78, 5) is 0.933. The fourth-order valence-corrected chi connectivity index (χ4v) is 3.45. The van der Waals surface area contributed by atoms with Crippen molar-refractivity contribution in [1.82, 2.24) is 0 Å². The predicted octanol–water partition coefficient (Wildman–Crippen LogP) is 5.00. The number of halogens is 3. The molecule has 1 aromatic carbocycles. The summed E-state index contributed by atoms with van der Waals surface area (Å²) in [6, 6.07) is 7.88. The molecule has 148 valence electrons. The molecule has 0 saturated heterocycles. The fourth-order valence-electron chi connectivity index (χ4n) is 2.28. The molecule has 5 nitrogen and oxygen atoms in total. The molecule has 2 rings (SSSR count). The van der Waals surface area contributed by atoms with Crippen LogP contribution in [0.4, 0.5) is 13.2 Å². The summed E-state index contributed by atoms with van der Waals surface area (Å²) < 4.78 is 73.5. The maximum Gasteiger partial charge on any atom is 0.437 e. The first-order chi connectivity index (χ1) is 12.6. The third-order valence-electron chi connectivity index (χ3n) is 3.43. The average molecular weight is 421 g/mol. The first-order valence-electron chi connectivity index (χ1n) is 7.89. The highest BCUT2D eigenvalue weighted by atomic mass is 32.2. The van der Waals surface area contributed by atoms with Crippen LogP contribution >= 0.6 is 11.8 Å². The number of aryl methyl sites for hydroxylation is 1. The Balaban J connectivity index is 2.54. The van der Waals surface area contributed by atoms with Gasteiger partial charge in [0.1, 0.15) is 11.5 Å². The Morgan fingerprint density at radius 1 is 1.26 bits per heavy atom. The largest absolute Gasteiger partial charge is 0.461 e. The van der Waals surface area contributed by atoms with Crippen LogP contribution in [0.25, 0.3) is 11.3 Å². The van der Waals surface area contributed by atoms with Gasteiger partial charge in [-0.15, -0.1) is 11.8 Å². The van der Waals surface area contributed by atoms with E-state index < -0.39 is 27.8 Å². The molecule has 0 bridgehead atoms. The number of thioether (sulfide) groups is 1. The number of oxime groups is 1. The van der Waals surface area contributed by atoms with Gasteiger partial charge >= 0.3 is 16.3 Å². The summed E-state index contributed by atoms with van der Waals surface area (Å²) >= 11 is 1.49. The van der Waals surface area contributed by atoms with Crippen LogP contribution in [-0.2, 0) is 14.4 Å². The highest BCUT2D eigenvalue weighted by Gasteiger charge is 2.41. The summed E-state index contributed by atoms with van der Waals surface area (Å²) in [7, 11) is -4.20. The van der Waals surface area contributed by atoms with E-state index in [-0.39, 0.29) is 23.5 Å². The Morgan fingerprint density at radius 2 is 1.89 bits per heavy atom. The predicted molar refractivity (Wildman–Crippen MR) is 98.4 cm³/mol. The standard InChI is InChI=1S/C17H18F3NO4S2/c1-4-9-27(22,23)25-21-16(17(18,19)20)14-10-11(2)24-15(14)12-5-7-13(26-3)8-6-12/h5-8,10H,4,9H2,1-3H3. The second kappa shape index (κ2) is 8.39. The van der Waals surface area contributed by atoms with Gasteiger partial charge in [-0.25, -0.2) is 0 Å². The van der Waals surface area contributed by atoms with Crippen molar-refractivity contribution in [1.29, 1.82) is 0 Å². The fraction of sp³-hybridized carbons (Fsp3) is 0.353. The number of benzene rings is 1. The zero-order chi connectivity index (χ0) is 20.2. The molecule has 0 aliphatic carbocycles. The van der Waals surface area contributed by atoms with Crippen molar-refractivity contribution in [2.45, 2.75) is 31.3 Å². The summed E-state index contributed by atoms with van der Waals surface area (Å²) in [6.07, 6.45) is -2.87. The SMILES string of the molecule is CCCS(=O)(=O)ON=C(c1cc(C)oc1-c1ccc(SC)cc1)C(F)(F)F. The van der Waals surface area contributed by atoms with Crippen molar-refractivity contribution in [2.75, 3.05) is 12.0 Å². The Hall–Kier alpha value is -1.94. The summed E-state index contributed by atoms with van der Waals surface area (Å²) in [5.74, 6) is -0.273. The van der Waals surface area contributed by atoms with Crippen molar-refractivity contribution in [3.8, 4) is 11.3 Å². The van der Waals surface area contributed by atoms with Crippen LogP contribution in [0.2, 0.25) is 0 Å². The number of alkyl halides is 3. The van der Waals surface area contributed by atoms with Crippen molar-refractivity contribution < 1.29 is 30.3 Å². The summed E-state index contributed by atoms with van der Waals surface area (Å²) in [6.45, 7) is 3.05. The van der Waals surface area contributed by atoms with E-state index in [0.29, 0.717) is 5.56 Å². The van der Waals surface area contributed by atoms with E-state index in [1.807, 2.05) is 6.26 Å². The zero-order valence-electron chi connectivity index (χ0n) is 14.8. The number of hydrogen-bond donors (Lipinski definition) is 0. The van der Waals surface area contributed by atoms with Gasteiger partial charge in [0.15, 0.2) is 5.71 Å². The average Bonchev–Trinajstić information content (AvgIpc) is 2.95. The Labute approximate surface area is 159 Å². The molecule has 1 aromatic heterocycles. The molecule has 0 aliphatic heterocycles. The third kappa shape index (κ3) is 5.52. The number of rotatable bonds is 7. The van der Waals surface area contributed by atoms with Crippen LogP contribution in [0.15, 0.2) is 44.8 Å². The van der Waals surface area contributed by atoms with Gasteiger partial charge in [-0.1, -0.05) is 24.2 Å². The Morgan fingerprint density at radius 3 is 2.41 bits per heavy atom. The van der Waals surface area contributed by atoms with Gasteiger partial charge in [0.25, 0.3) is 0 Å². The zero-order valence-corrected chi connectivity index (χ0v) is 16.5. The van der Waals surface area contributed by atoms with Crippen molar-refractivity contribution >= 4 is 27.6 Å². The van der Waals surface area contributed by atoms with Gasteiger partial charge in [0.05, 0.1) is 11.3 Å². The van der Waals surface area contributed by atoms with E-state index in [4.69, 9.17) is 4.42 Å². The van der Waals surface area contributed by atoms with Gasteiger partial charge in [0.2, 0.25) is 0 Å². The van der Waals surface area contributed by atoms with Crippen LogP contribution in [0, 0.1) is 6.92 Å².